The lowest BCUT2D eigenvalue weighted by Crippen LogP contribution is -2.12. The summed E-state index contributed by atoms with van der Waals surface area (Å²) in [7, 11) is 0. The van der Waals surface area contributed by atoms with E-state index in [1.54, 1.807) is 30.3 Å². The number of hydrogen-bond acceptors (Lipinski definition) is 0. The lowest BCUT2D eigenvalue weighted by atomic mass is 9.78. The maximum absolute atomic E-state index is 15.1. The summed E-state index contributed by atoms with van der Waals surface area (Å²) in [5, 5.41) is 0. The Kier molecular flexibility index (Phi) is 9.66. The van der Waals surface area contributed by atoms with Gasteiger partial charge < -0.3 is 0 Å². The Morgan fingerprint density at radius 2 is 1.41 bits per heavy atom. The van der Waals surface area contributed by atoms with Crippen LogP contribution in [-0.4, -0.2) is 0 Å². The fraction of sp³-hybridized carbons (Fsp3) is 0.412. The molecule has 0 atom stereocenters. The van der Waals surface area contributed by atoms with Crippen LogP contribution in [0.25, 0.3) is 22.3 Å². The summed E-state index contributed by atoms with van der Waals surface area (Å²) >= 11 is 0. The molecule has 1 fully saturated rings. The third-order valence-electron chi connectivity index (χ3n) is 7.92. The van der Waals surface area contributed by atoms with Crippen molar-refractivity contribution in [2.45, 2.75) is 84.0 Å². The highest BCUT2D eigenvalue weighted by Gasteiger charge is 2.23. The molecule has 0 heterocycles. The molecule has 3 aromatic rings. The second kappa shape index (κ2) is 13.1. The number of benzene rings is 3. The lowest BCUT2D eigenvalue weighted by molar-refractivity contribution is 0.368. The van der Waals surface area contributed by atoms with E-state index in [0.717, 1.165) is 68.1 Å². The predicted molar refractivity (Wildman–Crippen MR) is 149 cm³/mol. The first-order valence-corrected chi connectivity index (χ1v) is 14.0. The van der Waals surface area contributed by atoms with Gasteiger partial charge in [0.25, 0.3) is 0 Å². The highest BCUT2D eigenvalue weighted by Crippen LogP contribution is 2.38. The number of rotatable bonds is 10. The number of unbranched alkanes of at least 4 members (excludes halogenated alkanes) is 4. The molecule has 1 saturated carbocycles. The molecule has 1 aliphatic rings. The molecule has 37 heavy (non-hydrogen) atoms. The van der Waals surface area contributed by atoms with Gasteiger partial charge in [0.1, 0.15) is 5.82 Å². The second-order valence-electron chi connectivity index (χ2n) is 10.5. The molecule has 0 amide bonds. The number of aryl methyl sites for hydroxylation is 1. The van der Waals surface area contributed by atoms with E-state index in [1.807, 2.05) is 24.3 Å². The van der Waals surface area contributed by atoms with E-state index < -0.39 is 11.6 Å². The van der Waals surface area contributed by atoms with E-state index in [-0.39, 0.29) is 17.3 Å². The van der Waals surface area contributed by atoms with Crippen LogP contribution < -0.4 is 0 Å². The summed E-state index contributed by atoms with van der Waals surface area (Å²) < 4.78 is 44.7. The summed E-state index contributed by atoms with van der Waals surface area (Å²) in [6, 6.07) is 16.2. The van der Waals surface area contributed by atoms with E-state index in [2.05, 4.69) is 26.0 Å². The average Bonchev–Trinajstić information content (AvgIpc) is 2.92. The van der Waals surface area contributed by atoms with Crippen LogP contribution in [0.4, 0.5) is 13.2 Å². The molecule has 0 nitrogen and oxygen atoms in total. The Morgan fingerprint density at radius 1 is 0.730 bits per heavy atom. The van der Waals surface area contributed by atoms with Gasteiger partial charge >= 0.3 is 0 Å². The SMILES string of the molecule is CC=CC1CCC(c2ccc(-c3ccc(-c4ccc(CCCCCCC)c(F)c4F)cc3)cc2F)CC1. The quantitative estimate of drug-likeness (QED) is 0.190. The van der Waals surface area contributed by atoms with Crippen LogP contribution in [-0.2, 0) is 6.42 Å². The molecular weight excluding hydrogens is 465 g/mol. The molecule has 0 spiro atoms. The summed E-state index contributed by atoms with van der Waals surface area (Å²) in [6.07, 6.45) is 14.6. The largest absolute Gasteiger partial charge is 0.207 e. The molecule has 0 N–H and O–H groups in total. The summed E-state index contributed by atoms with van der Waals surface area (Å²) in [6.45, 7) is 4.21. The predicted octanol–water partition coefficient (Wildman–Crippen LogP) is 10.8. The minimum absolute atomic E-state index is 0.158. The summed E-state index contributed by atoms with van der Waals surface area (Å²) in [5.74, 6) is -0.801. The summed E-state index contributed by atoms with van der Waals surface area (Å²) in [5.41, 5.74) is 3.78. The van der Waals surface area contributed by atoms with Crippen LogP contribution in [0.3, 0.4) is 0 Å². The highest BCUT2D eigenvalue weighted by atomic mass is 19.2. The zero-order valence-electron chi connectivity index (χ0n) is 22.2. The Morgan fingerprint density at radius 3 is 2.08 bits per heavy atom. The van der Waals surface area contributed by atoms with Crippen LogP contribution in [0, 0.1) is 23.4 Å². The van der Waals surface area contributed by atoms with Gasteiger partial charge in [0.05, 0.1) is 0 Å². The number of allylic oxidation sites excluding steroid dienone is 2. The van der Waals surface area contributed by atoms with Crippen LogP contribution in [0.5, 0.6) is 0 Å². The monoisotopic (exact) mass is 504 g/mol. The van der Waals surface area contributed by atoms with Crippen molar-refractivity contribution >= 4 is 0 Å². The van der Waals surface area contributed by atoms with E-state index >= 15 is 4.39 Å². The first kappa shape index (κ1) is 27.2. The second-order valence-corrected chi connectivity index (χ2v) is 10.5. The summed E-state index contributed by atoms with van der Waals surface area (Å²) in [4.78, 5) is 0. The van der Waals surface area contributed by atoms with Crippen LogP contribution in [0.1, 0.15) is 88.7 Å². The van der Waals surface area contributed by atoms with Crippen molar-refractivity contribution in [2.75, 3.05) is 0 Å². The minimum atomic E-state index is -0.793. The van der Waals surface area contributed by atoms with Gasteiger partial charge in [0.15, 0.2) is 11.6 Å². The molecule has 0 aliphatic heterocycles. The van der Waals surface area contributed by atoms with Crippen molar-refractivity contribution in [3.05, 3.63) is 95.3 Å². The number of halogens is 3. The van der Waals surface area contributed by atoms with Crippen molar-refractivity contribution in [3.63, 3.8) is 0 Å². The maximum Gasteiger partial charge on any atom is 0.166 e. The Bertz CT molecular complexity index is 1180. The normalized spacial score (nSPS) is 18.0. The van der Waals surface area contributed by atoms with Gasteiger partial charge in [-0.1, -0.05) is 93.3 Å². The number of hydrogen-bond donors (Lipinski definition) is 0. The topological polar surface area (TPSA) is 0 Å². The van der Waals surface area contributed by atoms with E-state index in [4.69, 9.17) is 0 Å². The smallest absolute Gasteiger partial charge is 0.166 e. The van der Waals surface area contributed by atoms with Crippen molar-refractivity contribution in [1.29, 1.82) is 0 Å². The molecule has 0 aromatic heterocycles. The molecule has 0 bridgehead atoms. The maximum atomic E-state index is 15.1. The van der Waals surface area contributed by atoms with Gasteiger partial charge in [-0.15, -0.1) is 0 Å². The average molecular weight is 505 g/mol. The fourth-order valence-corrected chi connectivity index (χ4v) is 5.70. The fourth-order valence-electron chi connectivity index (χ4n) is 5.70. The van der Waals surface area contributed by atoms with Crippen LogP contribution in [0.2, 0.25) is 0 Å². The molecule has 196 valence electrons. The van der Waals surface area contributed by atoms with Crippen molar-refractivity contribution in [1.82, 2.24) is 0 Å². The first-order valence-electron chi connectivity index (χ1n) is 14.0. The van der Waals surface area contributed by atoms with E-state index in [1.165, 1.54) is 6.42 Å². The van der Waals surface area contributed by atoms with Crippen LogP contribution in [0.15, 0.2) is 66.7 Å². The van der Waals surface area contributed by atoms with Gasteiger partial charge in [-0.05, 0) is 91.2 Å². The molecule has 0 unspecified atom stereocenters. The molecular formula is C34H39F3. The molecule has 1 aliphatic carbocycles. The van der Waals surface area contributed by atoms with Gasteiger partial charge in [-0.25, -0.2) is 13.2 Å². The van der Waals surface area contributed by atoms with E-state index in [9.17, 15) is 8.78 Å². The molecule has 3 heteroatoms. The molecule has 0 radical (unpaired) electrons. The molecule has 3 aromatic carbocycles. The van der Waals surface area contributed by atoms with Gasteiger partial charge in [-0.2, -0.15) is 0 Å². The third-order valence-corrected chi connectivity index (χ3v) is 7.92. The van der Waals surface area contributed by atoms with Gasteiger partial charge in [0.2, 0.25) is 0 Å². The van der Waals surface area contributed by atoms with Crippen molar-refractivity contribution in [3.8, 4) is 22.3 Å². The van der Waals surface area contributed by atoms with Gasteiger partial charge in [0, 0.05) is 5.56 Å². The van der Waals surface area contributed by atoms with Crippen molar-refractivity contribution < 1.29 is 13.2 Å². The Balaban J connectivity index is 1.44. The zero-order valence-corrected chi connectivity index (χ0v) is 22.2. The van der Waals surface area contributed by atoms with Crippen molar-refractivity contribution in [2.24, 2.45) is 5.92 Å². The first-order chi connectivity index (χ1) is 18.0. The minimum Gasteiger partial charge on any atom is -0.207 e. The van der Waals surface area contributed by atoms with Gasteiger partial charge in [-0.3, -0.25) is 0 Å². The highest BCUT2D eigenvalue weighted by molar-refractivity contribution is 5.71. The lowest BCUT2D eigenvalue weighted by Gasteiger charge is -2.27. The van der Waals surface area contributed by atoms with E-state index in [0.29, 0.717) is 23.5 Å². The standard InChI is InChI=1S/C34H39F3/c1-3-5-6-7-8-10-28-19-22-31(34(37)33(28)36)27-17-15-25(16-18-27)29-20-21-30(32(35)23-29)26-13-11-24(9-4-2)12-14-26/h4,9,15-24,26H,3,5-8,10-14H2,1-2H3. The molecule has 0 saturated heterocycles. The third kappa shape index (κ3) is 6.74. The Labute approximate surface area is 220 Å². The van der Waals surface area contributed by atoms with Crippen LogP contribution >= 0.6 is 0 Å². The zero-order chi connectivity index (χ0) is 26.2. The molecule has 4 rings (SSSR count). The Hall–Kier alpha value is -2.81.